The first kappa shape index (κ1) is 15.5. The Morgan fingerprint density at radius 2 is 2.05 bits per heavy atom. The Labute approximate surface area is 126 Å². The Bertz CT molecular complexity index is 559. The van der Waals surface area contributed by atoms with Gasteiger partial charge in [-0.05, 0) is 42.4 Å². The van der Waals surface area contributed by atoms with Crippen LogP contribution in [0.2, 0.25) is 0 Å². The maximum absolute atomic E-state index is 11.3. The Hall–Kier alpha value is -1.84. The second-order valence-electron chi connectivity index (χ2n) is 5.78. The number of benzene rings is 1. The first-order valence-electron chi connectivity index (χ1n) is 7.57. The maximum atomic E-state index is 11.3. The van der Waals surface area contributed by atoms with Gasteiger partial charge in [0.05, 0.1) is 23.7 Å². The van der Waals surface area contributed by atoms with E-state index in [2.05, 4.69) is 19.9 Å². The molecule has 2 rings (SSSR count). The van der Waals surface area contributed by atoms with E-state index < -0.39 is 0 Å². The largest absolute Gasteiger partial charge is 0.497 e. The monoisotopic (exact) mass is 289 g/mol. The molecule has 0 unspecified atom stereocenters. The van der Waals surface area contributed by atoms with E-state index in [-0.39, 0.29) is 10.6 Å². The molecule has 0 amide bonds. The van der Waals surface area contributed by atoms with Crippen molar-refractivity contribution < 1.29 is 9.66 Å². The number of nitrogens with zero attached hydrogens (tertiary/aromatic N) is 1. The third-order valence-electron chi connectivity index (χ3n) is 4.95. The number of allylic oxidation sites excluding steroid dienone is 2. The van der Waals surface area contributed by atoms with Crippen molar-refractivity contribution in [2.75, 3.05) is 7.11 Å². The number of hydrogen-bond acceptors (Lipinski definition) is 3. The summed E-state index contributed by atoms with van der Waals surface area (Å²) in [4.78, 5) is 11.0. The molecule has 0 bridgehead atoms. The van der Waals surface area contributed by atoms with Crippen molar-refractivity contribution in [1.29, 1.82) is 0 Å². The lowest BCUT2D eigenvalue weighted by molar-refractivity contribution is -0.385. The van der Waals surface area contributed by atoms with Crippen LogP contribution in [0.4, 0.5) is 5.69 Å². The summed E-state index contributed by atoms with van der Waals surface area (Å²) < 4.78 is 5.09. The fourth-order valence-corrected chi connectivity index (χ4v) is 3.14. The lowest BCUT2D eigenvalue weighted by Gasteiger charge is -2.34. The highest BCUT2D eigenvalue weighted by Crippen LogP contribution is 2.45. The number of nitro benzene ring substituents is 1. The van der Waals surface area contributed by atoms with E-state index in [1.165, 1.54) is 13.2 Å². The molecule has 0 aromatic heterocycles. The molecule has 21 heavy (non-hydrogen) atoms. The predicted octanol–water partition coefficient (Wildman–Crippen LogP) is 4.98. The van der Waals surface area contributed by atoms with Gasteiger partial charge in [0.1, 0.15) is 5.75 Å². The fraction of sp³-hybridized carbons (Fsp3) is 0.529. The van der Waals surface area contributed by atoms with Crippen LogP contribution in [0.5, 0.6) is 5.75 Å². The highest BCUT2D eigenvalue weighted by Gasteiger charge is 2.30. The van der Waals surface area contributed by atoms with Gasteiger partial charge in [-0.3, -0.25) is 10.1 Å². The Kier molecular flexibility index (Phi) is 4.66. The van der Waals surface area contributed by atoms with E-state index in [0.29, 0.717) is 11.2 Å². The SMILES string of the molecule is CCC1(CC)CC=C(c2ccc(OC)cc2[N+](=O)[O-])CC1. The Balaban J connectivity index is 2.35. The van der Waals surface area contributed by atoms with Gasteiger partial charge < -0.3 is 4.74 Å². The molecule has 0 radical (unpaired) electrons. The maximum Gasteiger partial charge on any atom is 0.280 e. The lowest BCUT2D eigenvalue weighted by atomic mass is 9.70. The summed E-state index contributed by atoms with van der Waals surface area (Å²) in [7, 11) is 1.52. The smallest absolute Gasteiger partial charge is 0.280 e. The fourth-order valence-electron chi connectivity index (χ4n) is 3.14. The Morgan fingerprint density at radius 3 is 2.52 bits per heavy atom. The molecule has 0 saturated carbocycles. The van der Waals surface area contributed by atoms with Gasteiger partial charge in [-0.2, -0.15) is 0 Å². The van der Waals surface area contributed by atoms with Gasteiger partial charge in [-0.1, -0.05) is 32.8 Å². The van der Waals surface area contributed by atoms with Gasteiger partial charge in [-0.25, -0.2) is 0 Å². The van der Waals surface area contributed by atoms with Crippen LogP contribution < -0.4 is 4.74 Å². The average Bonchev–Trinajstić information content (AvgIpc) is 2.54. The zero-order valence-corrected chi connectivity index (χ0v) is 13.0. The standard InChI is InChI=1S/C17H23NO3/c1-4-17(5-2)10-8-13(9-11-17)15-7-6-14(21-3)12-16(15)18(19)20/h6-8,12H,4-5,9-11H2,1-3H3. The second kappa shape index (κ2) is 6.29. The van der Waals surface area contributed by atoms with Gasteiger partial charge >= 0.3 is 0 Å². The van der Waals surface area contributed by atoms with Crippen molar-refractivity contribution >= 4 is 11.3 Å². The molecule has 0 fully saturated rings. The molecule has 0 saturated heterocycles. The van der Waals surface area contributed by atoms with E-state index >= 15 is 0 Å². The van der Waals surface area contributed by atoms with Crippen molar-refractivity contribution in [3.05, 3.63) is 40.0 Å². The summed E-state index contributed by atoms with van der Waals surface area (Å²) in [5, 5.41) is 11.3. The summed E-state index contributed by atoms with van der Waals surface area (Å²) >= 11 is 0. The van der Waals surface area contributed by atoms with Gasteiger partial charge in [0.15, 0.2) is 0 Å². The molecule has 1 aromatic carbocycles. The molecular weight excluding hydrogens is 266 g/mol. The number of hydrogen-bond donors (Lipinski definition) is 0. The summed E-state index contributed by atoms with van der Waals surface area (Å²) in [6, 6.07) is 5.12. The van der Waals surface area contributed by atoms with E-state index in [4.69, 9.17) is 4.74 Å². The molecule has 0 heterocycles. The number of ether oxygens (including phenoxy) is 1. The van der Waals surface area contributed by atoms with Crippen molar-refractivity contribution in [2.45, 2.75) is 46.0 Å². The summed E-state index contributed by atoms with van der Waals surface area (Å²) in [5.74, 6) is 0.526. The van der Waals surface area contributed by atoms with Crippen LogP contribution in [-0.2, 0) is 0 Å². The van der Waals surface area contributed by atoms with Crippen LogP contribution in [-0.4, -0.2) is 12.0 Å². The predicted molar refractivity (Wildman–Crippen MR) is 84.5 cm³/mol. The molecule has 0 spiro atoms. The molecule has 1 aromatic rings. The average molecular weight is 289 g/mol. The molecular formula is C17H23NO3. The van der Waals surface area contributed by atoms with Crippen molar-refractivity contribution in [3.8, 4) is 5.75 Å². The summed E-state index contributed by atoms with van der Waals surface area (Å²) in [6.45, 7) is 4.47. The van der Waals surface area contributed by atoms with Crippen molar-refractivity contribution in [1.82, 2.24) is 0 Å². The van der Waals surface area contributed by atoms with Gasteiger partial charge in [0, 0.05) is 0 Å². The highest BCUT2D eigenvalue weighted by atomic mass is 16.6. The molecule has 0 atom stereocenters. The Morgan fingerprint density at radius 1 is 1.33 bits per heavy atom. The van der Waals surface area contributed by atoms with Crippen LogP contribution >= 0.6 is 0 Å². The highest BCUT2D eigenvalue weighted by molar-refractivity contribution is 5.74. The summed E-state index contributed by atoms with van der Waals surface area (Å²) in [6.07, 6.45) is 7.56. The van der Waals surface area contributed by atoms with Crippen molar-refractivity contribution in [3.63, 3.8) is 0 Å². The number of methoxy groups -OCH3 is 1. The van der Waals surface area contributed by atoms with Crippen LogP contribution in [0.15, 0.2) is 24.3 Å². The first-order valence-corrected chi connectivity index (χ1v) is 7.57. The van der Waals surface area contributed by atoms with Gasteiger partial charge in [-0.15, -0.1) is 0 Å². The van der Waals surface area contributed by atoms with Crippen LogP contribution in [0.3, 0.4) is 0 Å². The normalized spacial score (nSPS) is 17.2. The van der Waals surface area contributed by atoms with E-state index in [1.807, 2.05) is 6.07 Å². The molecule has 0 N–H and O–H groups in total. The minimum atomic E-state index is -0.319. The van der Waals surface area contributed by atoms with Crippen molar-refractivity contribution in [2.24, 2.45) is 5.41 Å². The summed E-state index contributed by atoms with van der Waals surface area (Å²) in [5.41, 5.74) is 2.36. The number of rotatable bonds is 5. The molecule has 1 aliphatic rings. The quantitative estimate of drug-likeness (QED) is 0.567. The molecule has 4 heteroatoms. The zero-order valence-electron chi connectivity index (χ0n) is 13.0. The van der Waals surface area contributed by atoms with Gasteiger partial charge in [0.2, 0.25) is 0 Å². The lowest BCUT2D eigenvalue weighted by Crippen LogP contribution is -2.21. The number of nitro groups is 1. The third kappa shape index (κ3) is 3.09. The van der Waals surface area contributed by atoms with E-state index in [0.717, 1.165) is 43.2 Å². The van der Waals surface area contributed by atoms with E-state index in [1.54, 1.807) is 6.07 Å². The molecule has 0 aliphatic heterocycles. The second-order valence-corrected chi connectivity index (χ2v) is 5.78. The molecule has 1 aliphatic carbocycles. The van der Waals surface area contributed by atoms with Crippen LogP contribution in [0.1, 0.15) is 51.5 Å². The minimum absolute atomic E-state index is 0.140. The first-order chi connectivity index (χ1) is 10.0. The molecule has 114 valence electrons. The third-order valence-corrected chi connectivity index (χ3v) is 4.95. The van der Waals surface area contributed by atoms with Gasteiger partial charge in [0.25, 0.3) is 5.69 Å². The topological polar surface area (TPSA) is 52.4 Å². The van der Waals surface area contributed by atoms with Crippen LogP contribution in [0, 0.1) is 15.5 Å². The molecule has 4 nitrogen and oxygen atoms in total. The van der Waals surface area contributed by atoms with E-state index in [9.17, 15) is 10.1 Å². The minimum Gasteiger partial charge on any atom is -0.497 e. The van der Waals surface area contributed by atoms with Crippen LogP contribution in [0.25, 0.3) is 5.57 Å². The zero-order chi connectivity index (χ0) is 15.5.